The highest BCUT2D eigenvalue weighted by molar-refractivity contribution is 9.09. The van der Waals surface area contributed by atoms with Gasteiger partial charge in [0.05, 0.1) is 24.1 Å². The third kappa shape index (κ3) is 4.76. The first-order valence-corrected chi connectivity index (χ1v) is 6.45. The third-order valence-corrected chi connectivity index (χ3v) is 3.32. The van der Waals surface area contributed by atoms with Crippen LogP contribution in [0.4, 0.5) is 0 Å². The van der Waals surface area contributed by atoms with E-state index in [4.69, 9.17) is 9.47 Å². The van der Waals surface area contributed by atoms with E-state index >= 15 is 0 Å². The van der Waals surface area contributed by atoms with Crippen molar-refractivity contribution in [2.45, 2.75) is 44.0 Å². The number of hydrogen-bond donors (Lipinski definition) is 0. The zero-order chi connectivity index (χ0) is 10.4. The van der Waals surface area contributed by atoms with E-state index in [2.05, 4.69) is 29.8 Å². The van der Waals surface area contributed by atoms with E-state index in [1.165, 1.54) is 19.3 Å². The molecule has 0 bridgehead atoms. The number of alkyl halides is 1. The van der Waals surface area contributed by atoms with E-state index in [0.717, 1.165) is 25.7 Å². The Morgan fingerprint density at radius 2 is 2.14 bits per heavy atom. The summed E-state index contributed by atoms with van der Waals surface area (Å²) in [4.78, 5) is 0.396. The predicted octanol–water partition coefficient (Wildman–Crippen LogP) is 2.99. The van der Waals surface area contributed by atoms with Crippen molar-refractivity contribution < 1.29 is 9.47 Å². The molecule has 0 aliphatic carbocycles. The van der Waals surface area contributed by atoms with Crippen LogP contribution in [0.15, 0.2) is 0 Å². The van der Waals surface area contributed by atoms with Crippen molar-refractivity contribution in [2.24, 2.45) is 5.92 Å². The summed E-state index contributed by atoms with van der Waals surface area (Å²) in [5.74, 6) is 0.814. The number of unbranched alkanes of at least 4 members (excludes halogenated alkanes) is 1. The Balaban J connectivity index is 1.93. The topological polar surface area (TPSA) is 18.5 Å². The van der Waals surface area contributed by atoms with Gasteiger partial charge in [-0.1, -0.05) is 42.6 Å². The summed E-state index contributed by atoms with van der Waals surface area (Å²) in [6.45, 7) is 6.94. The molecule has 2 unspecified atom stereocenters. The quantitative estimate of drug-likeness (QED) is 0.543. The molecule has 0 aromatic carbocycles. The summed E-state index contributed by atoms with van der Waals surface area (Å²) in [6, 6.07) is 0. The fourth-order valence-electron chi connectivity index (χ4n) is 1.55. The third-order valence-electron chi connectivity index (χ3n) is 2.47. The largest absolute Gasteiger partial charge is 0.377 e. The van der Waals surface area contributed by atoms with E-state index in [-0.39, 0.29) is 6.10 Å². The highest BCUT2D eigenvalue weighted by Crippen LogP contribution is 2.18. The van der Waals surface area contributed by atoms with Gasteiger partial charge in [0.2, 0.25) is 0 Å². The van der Waals surface area contributed by atoms with E-state index in [1.807, 2.05) is 0 Å². The molecule has 3 heteroatoms. The summed E-state index contributed by atoms with van der Waals surface area (Å²) in [6.07, 6.45) is 4.03. The molecule has 2 nitrogen and oxygen atoms in total. The predicted molar refractivity (Wildman–Crippen MR) is 62.0 cm³/mol. The van der Waals surface area contributed by atoms with Crippen molar-refractivity contribution in [3.63, 3.8) is 0 Å². The van der Waals surface area contributed by atoms with Crippen LogP contribution in [-0.2, 0) is 9.47 Å². The minimum Gasteiger partial charge on any atom is -0.377 e. The minimum atomic E-state index is 0.272. The van der Waals surface area contributed by atoms with Crippen LogP contribution in [0.25, 0.3) is 0 Å². The van der Waals surface area contributed by atoms with Crippen LogP contribution in [0.5, 0.6) is 0 Å². The molecule has 0 N–H and O–H groups in total. The van der Waals surface area contributed by atoms with Crippen LogP contribution in [0.1, 0.15) is 33.1 Å². The Kier molecular flexibility index (Phi) is 6.06. The van der Waals surface area contributed by atoms with Crippen molar-refractivity contribution in [2.75, 3.05) is 19.8 Å². The van der Waals surface area contributed by atoms with Gasteiger partial charge in [0.25, 0.3) is 0 Å². The van der Waals surface area contributed by atoms with E-state index in [1.54, 1.807) is 0 Å². The molecule has 1 saturated heterocycles. The summed E-state index contributed by atoms with van der Waals surface area (Å²) >= 11 is 3.55. The number of ether oxygens (including phenoxy) is 2. The Bertz CT molecular complexity index is 150. The molecule has 0 amide bonds. The van der Waals surface area contributed by atoms with Gasteiger partial charge < -0.3 is 9.47 Å². The van der Waals surface area contributed by atoms with E-state index in [0.29, 0.717) is 4.83 Å². The van der Waals surface area contributed by atoms with Crippen molar-refractivity contribution in [1.82, 2.24) is 0 Å². The second-order valence-corrected chi connectivity index (χ2v) is 5.53. The molecule has 0 spiro atoms. The molecule has 0 radical (unpaired) electrons. The highest BCUT2D eigenvalue weighted by atomic mass is 79.9. The summed E-state index contributed by atoms with van der Waals surface area (Å²) in [5, 5.41) is 0. The molecule has 1 rings (SSSR count). The summed E-state index contributed by atoms with van der Waals surface area (Å²) in [5.41, 5.74) is 0. The second-order valence-electron chi connectivity index (χ2n) is 4.35. The Labute approximate surface area is 95.5 Å². The van der Waals surface area contributed by atoms with Gasteiger partial charge in [0.15, 0.2) is 0 Å². The van der Waals surface area contributed by atoms with Crippen LogP contribution >= 0.6 is 15.9 Å². The Hall–Kier alpha value is 0.400. The van der Waals surface area contributed by atoms with Crippen LogP contribution in [0, 0.1) is 5.92 Å². The lowest BCUT2D eigenvalue weighted by Crippen LogP contribution is -2.22. The van der Waals surface area contributed by atoms with Crippen molar-refractivity contribution in [3.05, 3.63) is 0 Å². The molecule has 0 saturated carbocycles. The van der Waals surface area contributed by atoms with Gasteiger partial charge in [-0.2, -0.15) is 0 Å². The SMILES string of the molecule is CC(C)CCCCOC1COCC1Br. The zero-order valence-corrected chi connectivity index (χ0v) is 10.8. The van der Waals surface area contributed by atoms with Gasteiger partial charge in [-0.05, 0) is 12.3 Å². The molecule has 0 aromatic rings. The van der Waals surface area contributed by atoms with Crippen LogP contribution in [0.3, 0.4) is 0 Å². The average molecular weight is 265 g/mol. The number of halogens is 1. The van der Waals surface area contributed by atoms with E-state index < -0.39 is 0 Å². The van der Waals surface area contributed by atoms with Gasteiger partial charge in [0.1, 0.15) is 0 Å². The molecular formula is C11H21BrO2. The molecule has 84 valence electrons. The van der Waals surface area contributed by atoms with Crippen LogP contribution < -0.4 is 0 Å². The lowest BCUT2D eigenvalue weighted by molar-refractivity contribution is 0.0424. The number of rotatable bonds is 6. The molecule has 0 aromatic heterocycles. The molecular weight excluding hydrogens is 244 g/mol. The summed E-state index contributed by atoms with van der Waals surface area (Å²) in [7, 11) is 0. The maximum atomic E-state index is 5.73. The zero-order valence-electron chi connectivity index (χ0n) is 9.17. The molecule has 14 heavy (non-hydrogen) atoms. The highest BCUT2D eigenvalue weighted by Gasteiger charge is 2.26. The van der Waals surface area contributed by atoms with Gasteiger partial charge in [-0.15, -0.1) is 0 Å². The van der Waals surface area contributed by atoms with Gasteiger partial charge >= 0.3 is 0 Å². The van der Waals surface area contributed by atoms with Gasteiger partial charge in [0, 0.05) is 6.61 Å². The lowest BCUT2D eigenvalue weighted by atomic mass is 10.1. The van der Waals surface area contributed by atoms with Gasteiger partial charge in [-0.25, -0.2) is 0 Å². The van der Waals surface area contributed by atoms with Crippen LogP contribution in [0.2, 0.25) is 0 Å². The maximum absolute atomic E-state index is 5.73. The van der Waals surface area contributed by atoms with Crippen molar-refractivity contribution >= 4 is 15.9 Å². The second kappa shape index (κ2) is 6.81. The monoisotopic (exact) mass is 264 g/mol. The normalized spacial score (nSPS) is 27.4. The maximum Gasteiger partial charge on any atom is 0.0955 e. The summed E-state index contributed by atoms with van der Waals surface area (Å²) < 4.78 is 11.0. The van der Waals surface area contributed by atoms with E-state index in [9.17, 15) is 0 Å². The first kappa shape index (κ1) is 12.5. The number of hydrogen-bond acceptors (Lipinski definition) is 2. The average Bonchev–Trinajstić information content (AvgIpc) is 2.51. The minimum absolute atomic E-state index is 0.272. The lowest BCUT2D eigenvalue weighted by Gasteiger charge is -2.13. The molecule has 1 aliphatic heterocycles. The van der Waals surface area contributed by atoms with Crippen LogP contribution in [-0.4, -0.2) is 30.8 Å². The molecule has 1 fully saturated rings. The molecule has 2 atom stereocenters. The van der Waals surface area contributed by atoms with Crippen molar-refractivity contribution in [1.29, 1.82) is 0 Å². The Morgan fingerprint density at radius 1 is 1.36 bits per heavy atom. The Morgan fingerprint density at radius 3 is 2.71 bits per heavy atom. The van der Waals surface area contributed by atoms with Gasteiger partial charge in [-0.3, -0.25) is 0 Å². The smallest absolute Gasteiger partial charge is 0.0955 e. The standard InChI is InChI=1S/C11H21BrO2/c1-9(2)5-3-4-6-14-11-8-13-7-10(11)12/h9-11H,3-8H2,1-2H3. The first-order valence-electron chi connectivity index (χ1n) is 5.53. The first-order chi connectivity index (χ1) is 6.70. The van der Waals surface area contributed by atoms with Crippen molar-refractivity contribution in [3.8, 4) is 0 Å². The fraction of sp³-hybridized carbons (Fsp3) is 1.00. The fourth-order valence-corrected chi connectivity index (χ4v) is 2.04. The molecule has 1 heterocycles. The molecule has 1 aliphatic rings.